The molecule has 3 rings (SSSR count). The second kappa shape index (κ2) is 6.12. The monoisotopic (exact) mass is 287 g/mol. The summed E-state index contributed by atoms with van der Waals surface area (Å²) < 4.78 is 12.0. The molecule has 0 aliphatic carbocycles. The summed E-state index contributed by atoms with van der Waals surface area (Å²) in [5, 5.41) is 12.5. The molecule has 5 heteroatoms. The van der Waals surface area contributed by atoms with E-state index in [0.717, 1.165) is 31.7 Å². The zero-order valence-electron chi connectivity index (χ0n) is 12.3. The quantitative estimate of drug-likeness (QED) is 0.901. The van der Waals surface area contributed by atoms with Gasteiger partial charge >= 0.3 is 0 Å². The predicted molar refractivity (Wildman–Crippen MR) is 78.5 cm³/mol. The van der Waals surface area contributed by atoms with Crippen molar-refractivity contribution in [2.24, 2.45) is 0 Å². The largest absolute Gasteiger partial charge is 0.343 e. The zero-order chi connectivity index (χ0) is 14.7. The molecule has 2 heterocycles. The molecule has 3 unspecified atom stereocenters. The Morgan fingerprint density at radius 1 is 1.43 bits per heavy atom. The standard InChI is InChI=1S/C16H21N3O2/c1-16(13-5-3-2-4-6-13)20-12-15(21-16)11-19-8-7-18-10-14(19)9-17/h2-6,14-15,18H,7-8,10-12H2,1H3. The first kappa shape index (κ1) is 14.5. The van der Waals surface area contributed by atoms with Crippen molar-refractivity contribution in [2.75, 3.05) is 32.8 Å². The summed E-state index contributed by atoms with van der Waals surface area (Å²) >= 11 is 0. The third kappa shape index (κ3) is 3.09. The van der Waals surface area contributed by atoms with Crippen LogP contribution in [0.1, 0.15) is 12.5 Å². The Kier molecular flexibility index (Phi) is 4.22. The molecular weight excluding hydrogens is 266 g/mol. The van der Waals surface area contributed by atoms with E-state index in [1.165, 1.54) is 0 Å². The van der Waals surface area contributed by atoms with E-state index in [1.807, 2.05) is 37.3 Å². The number of nitrogens with zero attached hydrogens (tertiary/aromatic N) is 2. The summed E-state index contributed by atoms with van der Waals surface area (Å²) in [6.45, 7) is 5.78. The van der Waals surface area contributed by atoms with Crippen molar-refractivity contribution in [3.63, 3.8) is 0 Å². The van der Waals surface area contributed by atoms with Crippen molar-refractivity contribution in [1.82, 2.24) is 10.2 Å². The van der Waals surface area contributed by atoms with Gasteiger partial charge in [0.25, 0.3) is 0 Å². The lowest BCUT2D eigenvalue weighted by molar-refractivity contribution is -0.164. The van der Waals surface area contributed by atoms with Gasteiger partial charge in [-0.2, -0.15) is 5.26 Å². The Morgan fingerprint density at radius 2 is 2.24 bits per heavy atom. The van der Waals surface area contributed by atoms with Crippen LogP contribution in [0.3, 0.4) is 0 Å². The molecule has 1 aromatic rings. The van der Waals surface area contributed by atoms with Gasteiger partial charge in [0.2, 0.25) is 0 Å². The lowest BCUT2D eigenvalue weighted by Crippen LogP contribution is -2.53. The lowest BCUT2D eigenvalue weighted by atomic mass is 10.1. The number of nitriles is 1. The Bertz CT molecular complexity index is 516. The van der Waals surface area contributed by atoms with E-state index < -0.39 is 5.79 Å². The van der Waals surface area contributed by atoms with Gasteiger partial charge < -0.3 is 14.8 Å². The van der Waals surface area contributed by atoms with Gasteiger partial charge in [0.15, 0.2) is 5.79 Å². The molecule has 0 aromatic heterocycles. The summed E-state index contributed by atoms with van der Waals surface area (Å²) in [6, 6.07) is 12.3. The van der Waals surface area contributed by atoms with Crippen LogP contribution in [-0.4, -0.2) is 49.8 Å². The molecule has 0 radical (unpaired) electrons. The Balaban J connectivity index is 1.63. The maximum atomic E-state index is 9.21. The van der Waals surface area contributed by atoms with E-state index >= 15 is 0 Å². The van der Waals surface area contributed by atoms with E-state index in [9.17, 15) is 5.26 Å². The number of hydrogen-bond acceptors (Lipinski definition) is 5. The van der Waals surface area contributed by atoms with Gasteiger partial charge in [-0.3, -0.25) is 4.90 Å². The first-order valence-electron chi connectivity index (χ1n) is 7.43. The minimum atomic E-state index is -0.678. The van der Waals surface area contributed by atoms with Crippen molar-refractivity contribution in [1.29, 1.82) is 5.26 Å². The third-order valence-corrected chi connectivity index (χ3v) is 4.18. The van der Waals surface area contributed by atoms with E-state index in [0.29, 0.717) is 6.61 Å². The summed E-state index contributed by atoms with van der Waals surface area (Å²) in [4.78, 5) is 2.18. The summed E-state index contributed by atoms with van der Waals surface area (Å²) in [5.41, 5.74) is 1.03. The van der Waals surface area contributed by atoms with Gasteiger partial charge in [0, 0.05) is 31.7 Å². The molecule has 0 amide bonds. The number of rotatable bonds is 3. The van der Waals surface area contributed by atoms with Crippen LogP contribution in [-0.2, 0) is 15.3 Å². The predicted octanol–water partition coefficient (Wildman–Crippen LogP) is 1.07. The SMILES string of the molecule is CC1(c2ccccc2)OCC(CN2CCNCC2C#N)O1. The minimum Gasteiger partial charge on any atom is -0.343 e. The Hall–Kier alpha value is -1.45. The van der Waals surface area contributed by atoms with Gasteiger partial charge in [-0.1, -0.05) is 30.3 Å². The van der Waals surface area contributed by atoms with Gasteiger partial charge in [-0.25, -0.2) is 0 Å². The molecule has 21 heavy (non-hydrogen) atoms. The highest BCUT2D eigenvalue weighted by Gasteiger charge is 2.40. The molecule has 0 spiro atoms. The highest BCUT2D eigenvalue weighted by Crippen LogP contribution is 2.33. The topological polar surface area (TPSA) is 57.5 Å². The van der Waals surface area contributed by atoms with Gasteiger partial charge in [0.1, 0.15) is 6.04 Å². The molecule has 3 atom stereocenters. The Labute approximate surface area is 125 Å². The molecule has 112 valence electrons. The van der Waals surface area contributed by atoms with Crippen LogP contribution >= 0.6 is 0 Å². The minimum absolute atomic E-state index is 0.00385. The van der Waals surface area contributed by atoms with E-state index in [-0.39, 0.29) is 12.1 Å². The van der Waals surface area contributed by atoms with Crippen LogP contribution in [0.4, 0.5) is 0 Å². The summed E-state index contributed by atoms with van der Waals surface area (Å²) in [5.74, 6) is -0.678. The van der Waals surface area contributed by atoms with Crippen molar-refractivity contribution < 1.29 is 9.47 Å². The number of benzene rings is 1. The smallest absolute Gasteiger partial charge is 0.192 e. The maximum absolute atomic E-state index is 9.21. The normalized spacial score (nSPS) is 33.7. The van der Waals surface area contributed by atoms with Crippen molar-refractivity contribution in [3.8, 4) is 6.07 Å². The summed E-state index contributed by atoms with van der Waals surface area (Å²) in [7, 11) is 0. The van der Waals surface area contributed by atoms with E-state index in [4.69, 9.17) is 9.47 Å². The highest BCUT2D eigenvalue weighted by atomic mass is 16.7. The first-order valence-corrected chi connectivity index (χ1v) is 7.43. The second-order valence-corrected chi connectivity index (χ2v) is 5.71. The van der Waals surface area contributed by atoms with Crippen LogP contribution in [0.5, 0.6) is 0 Å². The average Bonchev–Trinajstić information content (AvgIpc) is 2.91. The fourth-order valence-electron chi connectivity index (χ4n) is 2.97. The molecule has 2 saturated heterocycles. The van der Waals surface area contributed by atoms with Crippen molar-refractivity contribution >= 4 is 0 Å². The molecule has 2 aliphatic rings. The van der Waals surface area contributed by atoms with Gasteiger partial charge in [0.05, 0.1) is 18.8 Å². The first-order chi connectivity index (χ1) is 10.2. The molecule has 1 N–H and O–H groups in total. The molecule has 1 aromatic carbocycles. The van der Waals surface area contributed by atoms with Crippen LogP contribution in [0.2, 0.25) is 0 Å². The van der Waals surface area contributed by atoms with Crippen molar-refractivity contribution in [2.45, 2.75) is 24.9 Å². The molecule has 5 nitrogen and oxygen atoms in total. The molecule has 0 bridgehead atoms. The van der Waals surface area contributed by atoms with Crippen LogP contribution in [0.15, 0.2) is 30.3 Å². The third-order valence-electron chi connectivity index (χ3n) is 4.18. The van der Waals surface area contributed by atoms with E-state index in [1.54, 1.807) is 0 Å². The van der Waals surface area contributed by atoms with E-state index in [2.05, 4.69) is 16.3 Å². The zero-order valence-corrected chi connectivity index (χ0v) is 12.3. The second-order valence-electron chi connectivity index (χ2n) is 5.71. The Morgan fingerprint density at radius 3 is 3.00 bits per heavy atom. The van der Waals surface area contributed by atoms with Crippen LogP contribution < -0.4 is 5.32 Å². The van der Waals surface area contributed by atoms with Crippen LogP contribution in [0.25, 0.3) is 0 Å². The summed E-state index contributed by atoms with van der Waals surface area (Å²) in [6.07, 6.45) is 0.00385. The van der Waals surface area contributed by atoms with Gasteiger partial charge in [-0.15, -0.1) is 0 Å². The fraction of sp³-hybridized carbons (Fsp3) is 0.562. The molecular formula is C16H21N3O2. The molecule has 2 fully saturated rings. The number of nitrogens with one attached hydrogen (secondary N) is 1. The highest BCUT2D eigenvalue weighted by molar-refractivity contribution is 5.20. The number of hydrogen-bond donors (Lipinski definition) is 1. The van der Waals surface area contributed by atoms with Gasteiger partial charge in [-0.05, 0) is 6.92 Å². The molecule has 0 saturated carbocycles. The fourth-order valence-corrected chi connectivity index (χ4v) is 2.97. The number of piperazine rings is 1. The number of ether oxygens (including phenoxy) is 2. The average molecular weight is 287 g/mol. The maximum Gasteiger partial charge on any atom is 0.192 e. The van der Waals surface area contributed by atoms with Crippen LogP contribution in [0, 0.1) is 11.3 Å². The molecule has 2 aliphatic heterocycles. The lowest BCUT2D eigenvalue weighted by Gasteiger charge is -2.33. The van der Waals surface area contributed by atoms with Crippen molar-refractivity contribution in [3.05, 3.63) is 35.9 Å².